The predicted octanol–water partition coefficient (Wildman–Crippen LogP) is 2.82. The number of rotatable bonds is 4. The van der Waals surface area contributed by atoms with E-state index in [1.807, 2.05) is 6.92 Å². The number of Topliss-reactive ketones (excluding diaryl/α,β-unsaturated/α-hetero) is 1. The number of carbonyl (C=O) groups excluding carboxylic acids is 1. The molecule has 0 aromatic carbocycles. The molecule has 0 radical (unpaired) electrons. The molecule has 86 valence electrons. The molecule has 2 heteroatoms. The lowest BCUT2D eigenvalue weighted by atomic mass is 9.88. The molecular weight excluding hydrogens is 186 g/mol. The first-order valence-electron chi connectivity index (χ1n) is 6.10. The lowest BCUT2D eigenvalue weighted by molar-refractivity contribution is -0.123. The minimum atomic E-state index is 0.0876. The van der Waals surface area contributed by atoms with Crippen LogP contribution in [0.4, 0.5) is 0 Å². The summed E-state index contributed by atoms with van der Waals surface area (Å²) in [6, 6.07) is 0.0876. The molecule has 0 saturated heterocycles. The first kappa shape index (κ1) is 12.4. The van der Waals surface area contributed by atoms with Crippen molar-refractivity contribution in [1.82, 2.24) is 0 Å². The van der Waals surface area contributed by atoms with Crippen LogP contribution in [0.1, 0.15) is 51.9 Å². The highest BCUT2D eigenvalue weighted by Crippen LogP contribution is 2.25. The van der Waals surface area contributed by atoms with Crippen LogP contribution < -0.4 is 5.73 Å². The molecule has 0 amide bonds. The van der Waals surface area contributed by atoms with Gasteiger partial charge in [-0.15, -0.1) is 0 Å². The molecule has 1 rings (SSSR count). The zero-order valence-corrected chi connectivity index (χ0v) is 9.80. The Hall–Kier alpha value is -0.630. The highest BCUT2D eigenvalue weighted by molar-refractivity contribution is 5.83. The van der Waals surface area contributed by atoms with Gasteiger partial charge in [0.05, 0.1) is 0 Å². The summed E-state index contributed by atoms with van der Waals surface area (Å²) in [4.78, 5) is 12.0. The normalized spacial score (nSPS) is 27.1. The van der Waals surface area contributed by atoms with Gasteiger partial charge in [-0.3, -0.25) is 4.79 Å². The maximum absolute atomic E-state index is 12.0. The molecular formula is C13H23NO. The number of hydrogen-bond donors (Lipinski definition) is 1. The van der Waals surface area contributed by atoms with E-state index in [9.17, 15) is 4.79 Å². The fraction of sp³-hybridized carbons (Fsp3) is 0.769. The Labute approximate surface area is 92.9 Å². The summed E-state index contributed by atoms with van der Waals surface area (Å²) in [6.45, 7) is 5.94. The van der Waals surface area contributed by atoms with E-state index in [1.54, 1.807) is 0 Å². The van der Waals surface area contributed by atoms with Gasteiger partial charge in [0.25, 0.3) is 0 Å². The molecule has 1 fully saturated rings. The number of ketones is 1. The monoisotopic (exact) mass is 209 g/mol. The zero-order chi connectivity index (χ0) is 11.3. The van der Waals surface area contributed by atoms with Crippen molar-refractivity contribution in [3.8, 4) is 0 Å². The summed E-state index contributed by atoms with van der Waals surface area (Å²) in [5.41, 5.74) is 7.08. The number of carbonyl (C=O) groups is 1. The van der Waals surface area contributed by atoms with Gasteiger partial charge in [0.15, 0.2) is 0 Å². The minimum Gasteiger partial charge on any atom is -0.327 e. The third-order valence-electron chi connectivity index (χ3n) is 3.41. The Bertz CT molecular complexity index is 235. The van der Waals surface area contributed by atoms with E-state index in [0.29, 0.717) is 12.2 Å². The van der Waals surface area contributed by atoms with Gasteiger partial charge in [-0.2, -0.15) is 0 Å². The Balaban J connectivity index is 2.52. The maximum atomic E-state index is 12.0. The maximum Gasteiger partial charge on any atom is 0.141 e. The number of allylic oxidation sites excluding steroid dienone is 1. The summed E-state index contributed by atoms with van der Waals surface area (Å²) in [6.07, 6.45) is 6.99. The molecule has 0 spiro atoms. The van der Waals surface area contributed by atoms with Crippen molar-refractivity contribution in [2.24, 2.45) is 11.7 Å². The summed E-state index contributed by atoms with van der Waals surface area (Å²) in [5.74, 6) is 0.409. The molecule has 0 heterocycles. The van der Waals surface area contributed by atoms with Crippen molar-refractivity contribution in [1.29, 1.82) is 0 Å². The van der Waals surface area contributed by atoms with E-state index in [-0.39, 0.29) is 12.0 Å². The molecule has 1 saturated carbocycles. The minimum absolute atomic E-state index is 0.0876. The molecule has 15 heavy (non-hydrogen) atoms. The molecule has 2 atom stereocenters. The van der Waals surface area contributed by atoms with Crippen LogP contribution >= 0.6 is 0 Å². The van der Waals surface area contributed by atoms with Gasteiger partial charge >= 0.3 is 0 Å². The topological polar surface area (TPSA) is 43.1 Å². The van der Waals surface area contributed by atoms with Gasteiger partial charge in [-0.25, -0.2) is 0 Å². The second-order valence-electron chi connectivity index (χ2n) is 4.66. The fourth-order valence-corrected chi connectivity index (χ4v) is 2.24. The van der Waals surface area contributed by atoms with E-state index in [1.165, 1.54) is 12.8 Å². The standard InChI is InChI=1S/C13H23NO/c1-3-10(2)9-13(15)11-7-5-4-6-8-12(11)14/h11-12H,2-9,14H2,1H3. The quantitative estimate of drug-likeness (QED) is 0.571. The molecule has 2 N–H and O–H groups in total. The molecule has 0 aromatic rings. The van der Waals surface area contributed by atoms with Crippen LogP contribution in [-0.4, -0.2) is 11.8 Å². The van der Waals surface area contributed by atoms with E-state index in [0.717, 1.165) is 31.3 Å². The summed E-state index contributed by atoms with van der Waals surface area (Å²) in [7, 11) is 0. The highest BCUT2D eigenvalue weighted by Gasteiger charge is 2.26. The molecule has 1 aliphatic rings. The van der Waals surface area contributed by atoms with Gasteiger partial charge < -0.3 is 5.73 Å². The molecule has 0 bridgehead atoms. The lowest BCUT2D eigenvalue weighted by Gasteiger charge is -2.20. The van der Waals surface area contributed by atoms with Crippen LogP contribution in [0.5, 0.6) is 0 Å². The SMILES string of the molecule is C=C(CC)CC(=O)C1CCCCCC1N. The van der Waals surface area contributed by atoms with E-state index in [2.05, 4.69) is 6.58 Å². The van der Waals surface area contributed by atoms with Crippen LogP contribution in [0.3, 0.4) is 0 Å². The van der Waals surface area contributed by atoms with Crippen molar-refractivity contribution in [3.63, 3.8) is 0 Å². The third kappa shape index (κ3) is 3.78. The number of nitrogens with two attached hydrogens (primary N) is 1. The van der Waals surface area contributed by atoms with Gasteiger partial charge in [-0.05, 0) is 19.3 Å². The average molecular weight is 209 g/mol. The summed E-state index contributed by atoms with van der Waals surface area (Å²) in [5, 5.41) is 0. The highest BCUT2D eigenvalue weighted by atomic mass is 16.1. The fourth-order valence-electron chi connectivity index (χ4n) is 2.24. The Morgan fingerprint density at radius 2 is 2.00 bits per heavy atom. The Morgan fingerprint density at radius 3 is 2.67 bits per heavy atom. The summed E-state index contributed by atoms with van der Waals surface area (Å²) < 4.78 is 0. The molecule has 2 nitrogen and oxygen atoms in total. The van der Waals surface area contributed by atoms with Crippen LogP contribution in [0.25, 0.3) is 0 Å². The Morgan fingerprint density at radius 1 is 1.33 bits per heavy atom. The van der Waals surface area contributed by atoms with Gasteiger partial charge in [0, 0.05) is 18.4 Å². The first-order chi connectivity index (χ1) is 7.15. The molecule has 0 aliphatic heterocycles. The van der Waals surface area contributed by atoms with Crippen molar-refractivity contribution in [2.45, 2.75) is 57.9 Å². The molecule has 1 aliphatic carbocycles. The van der Waals surface area contributed by atoms with E-state index >= 15 is 0 Å². The smallest absolute Gasteiger partial charge is 0.141 e. The van der Waals surface area contributed by atoms with Gasteiger partial charge in [0.1, 0.15) is 5.78 Å². The van der Waals surface area contributed by atoms with E-state index < -0.39 is 0 Å². The van der Waals surface area contributed by atoms with Crippen molar-refractivity contribution < 1.29 is 4.79 Å². The van der Waals surface area contributed by atoms with Crippen molar-refractivity contribution in [3.05, 3.63) is 12.2 Å². The second-order valence-corrected chi connectivity index (χ2v) is 4.66. The van der Waals surface area contributed by atoms with Gasteiger partial charge in [-0.1, -0.05) is 38.3 Å². The van der Waals surface area contributed by atoms with Crippen molar-refractivity contribution >= 4 is 5.78 Å². The number of hydrogen-bond acceptors (Lipinski definition) is 2. The predicted molar refractivity (Wildman–Crippen MR) is 63.6 cm³/mol. The third-order valence-corrected chi connectivity index (χ3v) is 3.41. The Kier molecular flexibility index (Phi) is 5.03. The van der Waals surface area contributed by atoms with Crippen LogP contribution in [0, 0.1) is 5.92 Å². The van der Waals surface area contributed by atoms with Crippen LogP contribution in [0.15, 0.2) is 12.2 Å². The average Bonchev–Trinajstić information content (AvgIpc) is 2.42. The molecule has 2 unspecified atom stereocenters. The second kappa shape index (κ2) is 6.06. The van der Waals surface area contributed by atoms with Crippen molar-refractivity contribution in [2.75, 3.05) is 0 Å². The van der Waals surface area contributed by atoms with Gasteiger partial charge in [0.2, 0.25) is 0 Å². The molecule has 0 aromatic heterocycles. The lowest BCUT2D eigenvalue weighted by Crippen LogP contribution is -2.34. The summed E-state index contributed by atoms with van der Waals surface area (Å²) >= 11 is 0. The van der Waals surface area contributed by atoms with Crippen LogP contribution in [0.2, 0.25) is 0 Å². The first-order valence-corrected chi connectivity index (χ1v) is 6.10. The zero-order valence-electron chi connectivity index (χ0n) is 9.80. The van der Waals surface area contributed by atoms with E-state index in [4.69, 9.17) is 5.73 Å². The van der Waals surface area contributed by atoms with Crippen LogP contribution in [-0.2, 0) is 4.79 Å². The largest absolute Gasteiger partial charge is 0.327 e.